The number of rotatable bonds is 4. The van der Waals surface area contributed by atoms with Crippen molar-refractivity contribution in [3.05, 3.63) is 59.1 Å². The lowest BCUT2D eigenvalue weighted by Gasteiger charge is -2.13. The van der Waals surface area contributed by atoms with Crippen molar-refractivity contribution in [3.63, 3.8) is 0 Å². The second-order valence-corrected chi connectivity index (χ2v) is 7.17. The van der Waals surface area contributed by atoms with E-state index in [4.69, 9.17) is 4.74 Å². The van der Waals surface area contributed by atoms with E-state index in [1.165, 1.54) is 6.07 Å². The highest BCUT2D eigenvalue weighted by Crippen LogP contribution is 2.32. The molecule has 0 spiro atoms. The van der Waals surface area contributed by atoms with Crippen molar-refractivity contribution < 1.29 is 9.13 Å². The van der Waals surface area contributed by atoms with E-state index in [1.54, 1.807) is 27.7 Å². The van der Waals surface area contributed by atoms with E-state index in [-0.39, 0.29) is 18.1 Å². The monoisotopic (exact) mass is 403 g/mol. The van der Waals surface area contributed by atoms with E-state index in [0.29, 0.717) is 30.1 Å². The maximum absolute atomic E-state index is 14.5. The maximum Gasteiger partial charge on any atom is 0.209 e. The number of hydrogen-bond donors (Lipinski definition) is 1. The van der Waals surface area contributed by atoms with Crippen molar-refractivity contribution >= 4 is 11.5 Å². The molecule has 1 aliphatic heterocycles. The molecule has 30 heavy (non-hydrogen) atoms. The molecule has 0 unspecified atom stereocenters. The third-order valence-electron chi connectivity index (χ3n) is 5.31. The second-order valence-electron chi connectivity index (χ2n) is 7.17. The number of fused-ring (bicyclic) bond motifs is 2. The van der Waals surface area contributed by atoms with Gasteiger partial charge in [0.15, 0.2) is 5.69 Å². The maximum atomic E-state index is 14.5. The van der Waals surface area contributed by atoms with Gasteiger partial charge in [0, 0.05) is 42.9 Å². The summed E-state index contributed by atoms with van der Waals surface area (Å²) in [6, 6.07) is 7.15. The predicted octanol–water partition coefficient (Wildman–Crippen LogP) is 3.00. The summed E-state index contributed by atoms with van der Waals surface area (Å²) >= 11 is 0. The number of hydrogen-bond acceptors (Lipinski definition) is 6. The lowest BCUT2D eigenvalue weighted by atomic mass is 10.0. The molecular formula is C21H18FN7O. The quantitative estimate of drug-likeness (QED) is 0.563. The Balaban J connectivity index is 1.57. The van der Waals surface area contributed by atoms with Crippen LogP contribution >= 0.6 is 0 Å². The minimum Gasteiger partial charge on any atom is -0.493 e. The highest BCUT2D eigenvalue weighted by atomic mass is 19.1. The Morgan fingerprint density at radius 2 is 2.20 bits per heavy atom. The third kappa shape index (κ3) is 2.76. The molecule has 0 saturated heterocycles. The van der Waals surface area contributed by atoms with Crippen LogP contribution in [0.4, 0.5) is 10.3 Å². The molecule has 0 amide bonds. The van der Waals surface area contributed by atoms with Gasteiger partial charge in [-0.3, -0.25) is 9.08 Å². The van der Waals surface area contributed by atoms with Gasteiger partial charge in [0.1, 0.15) is 24.0 Å². The Hall–Kier alpha value is -3.93. The van der Waals surface area contributed by atoms with Crippen molar-refractivity contribution in [2.45, 2.75) is 19.9 Å². The van der Waals surface area contributed by atoms with Crippen LogP contribution in [0.2, 0.25) is 0 Å². The first-order chi connectivity index (χ1) is 14.6. The number of benzene rings is 1. The first-order valence-electron chi connectivity index (χ1n) is 9.51. The van der Waals surface area contributed by atoms with E-state index in [2.05, 4.69) is 26.5 Å². The summed E-state index contributed by atoms with van der Waals surface area (Å²) in [6.45, 7) is 2.70. The summed E-state index contributed by atoms with van der Waals surface area (Å²) in [5.41, 5.74) is 4.79. The second kappa shape index (κ2) is 6.84. The number of anilines is 1. The zero-order valence-electron chi connectivity index (χ0n) is 16.5. The molecule has 0 aliphatic carbocycles. The number of imidazole rings is 1. The molecule has 0 fully saturated rings. The van der Waals surface area contributed by atoms with Crippen LogP contribution in [0.3, 0.4) is 0 Å². The zero-order valence-corrected chi connectivity index (χ0v) is 16.5. The SMILES string of the molecule is Cc1cc(-c2cnc(NCc3c(F)ccc4c3CCO4)n3cnc(C#N)c23)n(C)n1. The molecule has 0 saturated carbocycles. The molecule has 1 aliphatic rings. The van der Waals surface area contributed by atoms with Crippen LogP contribution in [0.15, 0.2) is 30.7 Å². The van der Waals surface area contributed by atoms with Gasteiger partial charge in [-0.05, 0) is 25.1 Å². The smallest absolute Gasteiger partial charge is 0.209 e. The summed E-state index contributed by atoms with van der Waals surface area (Å²) in [5, 5.41) is 17.1. The van der Waals surface area contributed by atoms with Gasteiger partial charge in [-0.1, -0.05) is 0 Å². The fourth-order valence-electron chi connectivity index (χ4n) is 3.95. The number of halogens is 1. The molecular weight excluding hydrogens is 385 g/mol. The fourth-order valence-corrected chi connectivity index (χ4v) is 3.95. The predicted molar refractivity (Wildman–Crippen MR) is 108 cm³/mol. The summed E-state index contributed by atoms with van der Waals surface area (Å²) in [5.74, 6) is 0.911. The largest absolute Gasteiger partial charge is 0.493 e. The van der Waals surface area contributed by atoms with Crippen LogP contribution in [0.1, 0.15) is 22.5 Å². The first-order valence-corrected chi connectivity index (χ1v) is 9.51. The molecule has 3 aromatic heterocycles. The zero-order chi connectivity index (χ0) is 20.8. The van der Waals surface area contributed by atoms with Crippen LogP contribution < -0.4 is 10.1 Å². The van der Waals surface area contributed by atoms with Crippen molar-refractivity contribution in [1.82, 2.24) is 24.1 Å². The molecule has 4 heterocycles. The van der Waals surface area contributed by atoms with Gasteiger partial charge in [0.25, 0.3) is 0 Å². The van der Waals surface area contributed by atoms with Crippen molar-refractivity contribution in [1.29, 1.82) is 5.26 Å². The standard InChI is InChI=1S/C21H18FN7O/c1-12-7-18(28(2)27-12)15-10-25-21(29-11-26-17(8-23)20(15)29)24-9-14-13-5-6-30-19(13)4-3-16(14)22/h3-4,7,10-11H,5-6,9H2,1-2H3,(H,24,25). The van der Waals surface area contributed by atoms with Crippen molar-refractivity contribution in [2.24, 2.45) is 7.05 Å². The normalized spacial score (nSPS) is 12.6. The molecule has 5 rings (SSSR count). The van der Waals surface area contributed by atoms with Crippen LogP contribution in [-0.4, -0.2) is 30.8 Å². The number of nitrogens with zero attached hydrogens (tertiary/aromatic N) is 6. The molecule has 150 valence electrons. The van der Waals surface area contributed by atoms with E-state index in [9.17, 15) is 9.65 Å². The van der Waals surface area contributed by atoms with Crippen molar-refractivity contribution in [3.8, 4) is 23.1 Å². The highest BCUT2D eigenvalue weighted by Gasteiger charge is 2.21. The highest BCUT2D eigenvalue weighted by molar-refractivity contribution is 5.83. The Morgan fingerprint density at radius 1 is 1.33 bits per heavy atom. The summed E-state index contributed by atoms with van der Waals surface area (Å²) < 4.78 is 23.5. The number of ether oxygens (including phenoxy) is 1. The molecule has 4 aromatic rings. The van der Waals surface area contributed by atoms with Crippen LogP contribution in [0, 0.1) is 24.1 Å². The molecule has 1 aromatic carbocycles. The lowest BCUT2D eigenvalue weighted by Crippen LogP contribution is -2.10. The average Bonchev–Trinajstić information content (AvgIpc) is 3.45. The molecule has 9 heteroatoms. The summed E-state index contributed by atoms with van der Waals surface area (Å²) in [7, 11) is 1.84. The molecule has 0 atom stereocenters. The van der Waals surface area contributed by atoms with Crippen LogP contribution in [-0.2, 0) is 20.0 Å². The van der Waals surface area contributed by atoms with E-state index >= 15 is 0 Å². The van der Waals surface area contributed by atoms with E-state index < -0.39 is 0 Å². The Kier molecular flexibility index (Phi) is 4.13. The van der Waals surface area contributed by atoms with Gasteiger partial charge in [0.2, 0.25) is 5.95 Å². The summed E-state index contributed by atoms with van der Waals surface area (Å²) in [4.78, 5) is 8.75. The Morgan fingerprint density at radius 3 is 2.97 bits per heavy atom. The van der Waals surface area contributed by atoms with Gasteiger partial charge < -0.3 is 10.1 Å². The summed E-state index contributed by atoms with van der Waals surface area (Å²) in [6.07, 6.45) is 3.91. The topological polar surface area (TPSA) is 93.1 Å². The van der Waals surface area contributed by atoms with Gasteiger partial charge in [-0.25, -0.2) is 14.4 Å². The Labute approximate surface area is 171 Å². The van der Waals surface area contributed by atoms with Gasteiger partial charge >= 0.3 is 0 Å². The molecule has 8 nitrogen and oxygen atoms in total. The average molecular weight is 403 g/mol. The number of aromatic nitrogens is 5. The molecule has 1 N–H and O–H groups in total. The van der Waals surface area contributed by atoms with E-state index in [1.807, 2.05) is 20.0 Å². The number of aryl methyl sites for hydroxylation is 2. The van der Waals surface area contributed by atoms with Gasteiger partial charge in [-0.15, -0.1) is 0 Å². The van der Waals surface area contributed by atoms with Crippen molar-refractivity contribution in [2.75, 3.05) is 11.9 Å². The minimum atomic E-state index is -0.284. The van der Waals surface area contributed by atoms with E-state index in [0.717, 1.165) is 28.3 Å². The van der Waals surface area contributed by atoms with Crippen LogP contribution in [0.25, 0.3) is 16.8 Å². The lowest BCUT2D eigenvalue weighted by molar-refractivity contribution is 0.356. The number of nitriles is 1. The number of nitrogens with one attached hydrogen (secondary N) is 1. The minimum absolute atomic E-state index is 0.241. The van der Waals surface area contributed by atoms with Gasteiger partial charge in [-0.2, -0.15) is 10.4 Å². The molecule has 0 bridgehead atoms. The third-order valence-corrected chi connectivity index (χ3v) is 5.31. The first kappa shape index (κ1) is 18.1. The molecule has 0 radical (unpaired) electrons. The van der Waals surface area contributed by atoms with Gasteiger partial charge in [0.05, 0.1) is 23.5 Å². The Bertz CT molecular complexity index is 1330. The van der Waals surface area contributed by atoms with Crippen LogP contribution in [0.5, 0.6) is 5.75 Å². The fraction of sp³-hybridized carbons (Fsp3) is 0.238.